The summed E-state index contributed by atoms with van der Waals surface area (Å²) >= 11 is 0. The van der Waals surface area contributed by atoms with Crippen molar-refractivity contribution in [3.63, 3.8) is 0 Å². The second-order valence-electron chi connectivity index (χ2n) is 4.75. The lowest BCUT2D eigenvalue weighted by molar-refractivity contribution is -0.138. The van der Waals surface area contributed by atoms with Crippen LogP contribution in [0.4, 0.5) is 0 Å². The van der Waals surface area contributed by atoms with E-state index < -0.39 is 5.97 Å². The second kappa shape index (κ2) is 4.87. The number of nitrogens with zero attached hydrogens (tertiary/aromatic N) is 3. The minimum absolute atomic E-state index is 0.134. The molecule has 1 N–H and O–H groups in total. The van der Waals surface area contributed by atoms with Crippen LogP contribution in [0.3, 0.4) is 0 Å². The number of likely N-dealkylation sites (tertiary alicyclic amines) is 1. The largest absolute Gasteiger partial charge is 0.480 e. The highest BCUT2D eigenvalue weighted by atomic mass is 16.4. The number of rotatable bonds is 4. The van der Waals surface area contributed by atoms with E-state index in [-0.39, 0.29) is 18.6 Å². The van der Waals surface area contributed by atoms with Crippen molar-refractivity contribution in [1.29, 1.82) is 0 Å². The molecule has 2 heterocycles. The number of carboxylic acids is 1. The molecule has 0 saturated carbocycles. The summed E-state index contributed by atoms with van der Waals surface area (Å²) in [5, 5.41) is 13.3. The highest BCUT2D eigenvalue weighted by Gasteiger charge is 2.31. The van der Waals surface area contributed by atoms with Crippen molar-refractivity contribution >= 4 is 5.97 Å². The number of aromatic nitrogens is 2. The quantitative estimate of drug-likeness (QED) is 0.857. The van der Waals surface area contributed by atoms with E-state index in [1.165, 1.54) is 0 Å². The van der Waals surface area contributed by atoms with Gasteiger partial charge in [-0.3, -0.25) is 14.4 Å². The number of aliphatic carboxylic acids is 1. The summed E-state index contributed by atoms with van der Waals surface area (Å²) < 4.78 is 1.94. The predicted octanol–water partition coefficient (Wildman–Crippen LogP) is 1.30. The molecule has 94 valence electrons. The lowest BCUT2D eigenvalue weighted by atomic mass is 10.1. The molecule has 5 heteroatoms. The van der Waals surface area contributed by atoms with Crippen LogP contribution in [0.25, 0.3) is 0 Å². The molecular formula is C12H19N3O2. The van der Waals surface area contributed by atoms with E-state index in [0.29, 0.717) is 0 Å². The lowest BCUT2D eigenvalue weighted by Crippen LogP contribution is -2.39. The summed E-state index contributed by atoms with van der Waals surface area (Å²) in [5.41, 5.74) is 1.000. The zero-order chi connectivity index (χ0) is 12.4. The zero-order valence-electron chi connectivity index (χ0n) is 10.3. The molecule has 0 aromatic carbocycles. The molecule has 1 saturated heterocycles. The minimum Gasteiger partial charge on any atom is -0.480 e. The van der Waals surface area contributed by atoms with Gasteiger partial charge in [-0.05, 0) is 39.3 Å². The molecule has 0 radical (unpaired) electrons. The first-order valence-corrected chi connectivity index (χ1v) is 6.05. The van der Waals surface area contributed by atoms with Gasteiger partial charge in [-0.25, -0.2) is 0 Å². The third-order valence-electron chi connectivity index (χ3n) is 3.47. The number of hydrogen-bond donors (Lipinski definition) is 1. The maximum atomic E-state index is 10.8. The monoisotopic (exact) mass is 237 g/mol. The fourth-order valence-corrected chi connectivity index (χ4v) is 2.60. The first-order valence-electron chi connectivity index (χ1n) is 6.05. The Morgan fingerprint density at radius 2 is 2.47 bits per heavy atom. The van der Waals surface area contributed by atoms with Gasteiger partial charge in [-0.1, -0.05) is 0 Å². The van der Waals surface area contributed by atoms with Gasteiger partial charge >= 0.3 is 5.97 Å². The maximum Gasteiger partial charge on any atom is 0.317 e. The Labute approximate surface area is 101 Å². The SMILES string of the molecule is Cc1ccn([C@H](C)[C@H]2CCCN2CC(=O)O)n1. The van der Waals surface area contributed by atoms with E-state index in [9.17, 15) is 4.79 Å². The van der Waals surface area contributed by atoms with Gasteiger partial charge in [0.25, 0.3) is 0 Å². The van der Waals surface area contributed by atoms with E-state index in [2.05, 4.69) is 12.0 Å². The van der Waals surface area contributed by atoms with Gasteiger partial charge < -0.3 is 5.11 Å². The van der Waals surface area contributed by atoms with Crippen molar-refractivity contribution in [2.45, 2.75) is 38.8 Å². The minimum atomic E-state index is -0.749. The highest BCUT2D eigenvalue weighted by molar-refractivity contribution is 5.69. The third-order valence-corrected chi connectivity index (χ3v) is 3.47. The molecule has 1 aromatic rings. The van der Waals surface area contributed by atoms with Crippen molar-refractivity contribution in [1.82, 2.24) is 14.7 Å². The van der Waals surface area contributed by atoms with Crippen LogP contribution >= 0.6 is 0 Å². The van der Waals surface area contributed by atoms with Gasteiger partial charge in [0.1, 0.15) is 0 Å². The first-order chi connectivity index (χ1) is 8.08. The first kappa shape index (κ1) is 12.1. The summed E-state index contributed by atoms with van der Waals surface area (Å²) in [7, 11) is 0. The number of aryl methyl sites for hydroxylation is 1. The van der Waals surface area contributed by atoms with Crippen molar-refractivity contribution in [2.75, 3.05) is 13.1 Å². The van der Waals surface area contributed by atoms with E-state index in [4.69, 9.17) is 5.11 Å². The van der Waals surface area contributed by atoms with Crippen LogP contribution in [0.5, 0.6) is 0 Å². The van der Waals surface area contributed by atoms with Crippen molar-refractivity contribution in [2.24, 2.45) is 0 Å². The molecule has 0 aliphatic carbocycles. The van der Waals surface area contributed by atoms with Gasteiger partial charge in [0.15, 0.2) is 0 Å². The normalized spacial score (nSPS) is 22.8. The molecule has 0 amide bonds. The third kappa shape index (κ3) is 2.66. The van der Waals surface area contributed by atoms with Gasteiger partial charge in [0.05, 0.1) is 18.3 Å². The van der Waals surface area contributed by atoms with Crippen LogP contribution in [-0.4, -0.2) is 44.9 Å². The molecule has 1 fully saturated rings. The Morgan fingerprint density at radius 1 is 1.71 bits per heavy atom. The summed E-state index contributed by atoms with van der Waals surface area (Å²) in [6.45, 7) is 5.08. The average Bonchev–Trinajstić information content (AvgIpc) is 2.85. The van der Waals surface area contributed by atoms with Crippen LogP contribution in [0.1, 0.15) is 31.5 Å². The fourth-order valence-electron chi connectivity index (χ4n) is 2.60. The number of hydrogen-bond acceptors (Lipinski definition) is 3. The van der Waals surface area contributed by atoms with Gasteiger partial charge in [-0.15, -0.1) is 0 Å². The van der Waals surface area contributed by atoms with Gasteiger partial charge in [0, 0.05) is 12.2 Å². The molecular weight excluding hydrogens is 218 g/mol. The lowest BCUT2D eigenvalue weighted by Gasteiger charge is -2.28. The molecule has 1 aliphatic rings. The zero-order valence-corrected chi connectivity index (χ0v) is 10.3. The molecule has 1 aliphatic heterocycles. The van der Waals surface area contributed by atoms with Crippen molar-refractivity contribution < 1.29 is 9.90 Å². The Kier molecular flexibility index (Phi) is 3.47. The van der Waals surface area contributed by atoms with E-state index in [1.807, 2.05) is 28.8 Å². The molecule has 2 rings (SSSR count). The summed E-state index contributed by atoms with van der Waals surface area (Å²) in [4.78, 5) is 12.8. The van der Waals surface area contributed by atoms with E-state index in [0.717, 1.165) is 25.1 Å². The van der Waals surface area contributed by atoms with Crippen LogP contribution < -0.4 is 0 Å². The molecule has 0 unspecified atom stereocenters. The Balaban J connectivity index is 2.07. The summed E-state index contributed by atoms with van der Waals surface area (Å²) in [6.07, 6.45) is 4.09. The van der Waals surface area contributed by atoms with Crippen LogP contribution in [-0.2, 0) is 4.79 Å². The van der Waals surface area contributed by atoms with E-state index >= 15 is 0 Å². The summed E-state index contributed by atoms with van der Waals surface area (Å²) in [6, 6.07) is 2.49. The number of carboxylic acid groups (broad SMARTS) is 1. The van der Waals surface area contributed by atoms with Crippen molar-refractivity contribution in [3.05, 3.63) is 18.0 Å². The van der Waals surface area contributed by atoms with Crippen LogP contribution in [0, 0.1) is 6.92 Å². The second-order valence-corrected chi connectivity index (χ2v) is 4.75. The molecule has 0 spiro atoms. The summed E-state index contributed by atoms with van der Waals surface area (Å²) in [5.74, 6) is -0.749. The molecule has 17 heavy (non-hydrogen) atoms. The highest BCUT2D eigenvalue weighted by Crippen LogP contribution is 2.26. The molecule has 1 aromatic heterocycles. The fraction of sp³-hybridized carbons (Fsp3) is 0.667. The maximum absolute atomic E-state index is 10.8. The Hall–Kier alpha value is -1.36. The van der Waals surface area contributed by atoms with Crippen LogP contribution in [0.2, 0.25) is 0 Å². The molecule has 5 nitrogen and oxygen atoms in total. The van der Waals surface area contributed by atoms with Gasteiger partial charge in [-0.2, -0.15) is 5.10 Å². The molecule has 2 atom stereocenters. The van der Waals surface area contributed by atoms with Gasteiger partial charge in [0.2, 0.25) is 0 Å². The topological polar surface area (TPSA) is 58.4 Å². The van der Waals surface area contributed by atoms with Crippen molar-refractivity contribution in [3.8, 4) is 0 Å². The molecule has 0 bridgehead atoms. The van der Waals surface area contributed by atoms with Crippen LogP contribution in [0.15, 0.2) is 12.3 Å². The number of carbonyl (C=O) groups is 1. The predicted molar refractivity (Wildman–Crippen MR) is 63.9 cm³/mol. The van der Waals surface area contributed by atoms with E-state index in [1.54, 1.807) is 0 Å². The standard InChI is InChI=1S/C12H19N3O2/c1-9-5-7-15(13-9)10(2)11-4-3-6-14(11)8-12(16)17/h5,7,10-11H,3-4,6,8H2,1-2H3,(H,16,17)/t10-,11-/m1/s1. The Morgan fingerprint density at radius 3 is 3.06 bits per heavy atom. The average molecular weight is 237 g/mol. The smallest absolute Gasteiger partial charge is 0.317 e. The Bertz CT molecular complexity index is 402.